The number of benzene rings is 1. The zero-order chi connectivity index (χ0) is 15.0. The highest BCUT2D eigenvalue weighted by Gasteiger charge is 2.14. The van der Waals surface area contributed by atoms with Gasteiger partial charge in [0, 0.05) is 18.5 Å². The van der Waals surface area contributed by atoms with Crippen LogP contribution in [-0.2, 0) is 0 Å². The van der Waals surface area contributed by atoms with Crippen molar-refractivity contribution in [1.29, 1.82) is 0 Å². The summed E-state index contributed by atoms with van der Waals surface area (Å²) < 4.78 is 7.84. The maximum Gasteiger partial charge on any atom is 0.273 e. The van der Waals surface area contributed by atoms with Crippen LogP contribution in [0.15, 0.2) is 41.3 Å². The minimum Gasteiger partial charge on any atom is -0.434 e. The van der Waals surface area contributed by atoms with Crippen molar-refractivity contribution in [2.24, 2.45) is 0 Å². The molecule has 0 saturated heterocycles. The molecule has 0 aliphatic heterocycles. The van der Waals surface area contributed by atoms with E-state index in [0.717, 1.165) is 0 Å². The highest BCUT2D eigenvalue weighted by molar-refractivity contribution is 9.10. The summed E-state index contributed by atoms with van der Waals surface area (Å²) in [5.41, 5.74) is 6.07. The van der Waals surface area contributed by atoms with Crippen LogP contribution in [0.1, 0.15) is 0 Å². The first-order valence-corrected chi connectivity index (χ1v) is 6.55. The summed E-state index contributed by atoms with van der Waals surface area (Å²) in [5.74, 6) is 0.672. The third-order valence-electron chi connectivity index (χ3n) is 2.69. The van der Waals surface area contributed by atoms with Crippen LogP contribution in [0.4, 0.5) is 11.5 Å². The SMILES string of the molecule is Nc1cn2ccnc2c(Oc2cc([N+](=O)[O-])ccc2Br)n1. The molecule has 3 aromatic rings. The number of fused-ring (bicyclic) bond motifs is 1. The number of nitrogens with two attached hydrogens (primary N) is 1. The number of nitro groups is 1. The van der Waals surface area contributed by atoms with E-state index < -0.39 is 4.92 Å². The topological polar surface area (TPSA) is 109 Å². The number of imidazole rings is 1. The van der Waals surface area contributed by atoms with Gasteiger partial charge in [-0.05, 0) is 22.0 Å². The monoisotopic (exact) mass is 349 g/mol. The number of anilines is 1. The lowest BCUT2D eigenvalue weighted by atomic mass is 10.3. The number of rotatable bonds is 3. The molecule has 9 heteroatoms. The van der Waals surface area contributed by atoms with E-state index in [-0.39, 0.29) is 23.1 Å². The van der Waals surface area contributed by atoms with Gasteiger partial charge in [0.1, 0.15) is 5.82 Å². The Morgan fingerprint density at radius 1 is 1.43 bits per heavy atom. The van der Waals surface area contributed by atoms with Gasteiger partial charge in [-0.15, -0.1) is 0 Å². The van der Waals surface area contributed by atoms with Crippen molar-refractivity contribution >= 4 is 33.1 Å². The fraction of sp³-hybridized carbons (Fsp3) is 0. The number of non-ortho nitro benzene ring substituents is 1. The average molecular weight is 350 g/mol. The van der Waals surface area contributed by atoms with Gasteiger partial charge in [-0.3, -0.25) is 14.5 Å². The molecule has 0 aliphatic carbocycles. The third-order valence-corrected chi connectivity index (χ3v) is 3.35. The zero-order valence-corrected chi connectivity index (χ0v) is 12.0. The largest absolute Gasteiger partial charge is 0.434 e. The predicted octanol–water partition coefficient (Wildman–Crippen LogP) is 2.77. The summed E-state index contributed by atoms with van der Waals surface area (Å²) in [5, 5.41) is 10.8. The molecule has 0 aliphatic rings. The summed E-state index contributed by atoms with van der Waals surface area (Å²) in [4.78, 5) is 18.5. The number of hydrogen-bond acceptors (Lipinski definition) is 6. The number of halogens is 1. The maximum atomic E-state index is 10.8. The van der Waals surface area contributed by atoms with Crippen LogP contribution in [-0.4, -0.2) is 19.3 Å². The summed E-state index contributed by atoms with van der Waals surface area (Å²) in [6.45, 7) is 0. The fourth-order valence-corrected chi connectivity index (χ4v) is 2.11. The molecule has 0 amide bonds. The van der Waals surface area contributed by atoms with E-state index in [1.165, 1.54) is 18.2 Å². The lowest BCUT2D eigenvalue weighted by molar-refractivity contribution is -0.384. The Bertz CT molecular complexity index is 848. The van der Waals surface area contributed by atoms with Crippen LogP contribution >= 0.6 is 15.9 Å². The predicted molar refractivity (Wildman–Crippen MR) is 78.3 cm³/mol. The summed E-state index contributed by atoms with van der Waals surface area (Å²) in [6, 6.07) is 4.20. The Kier molecular flexibility index (Phi) is 3.18. The molecular formula is C12H8BrN5O3. The van der Waals surface area contributed by atoms with Crippen molar-refractivity contribution in [3.63, 3.8) is 0 Å². The molecule has 0 spiro atoms. The van der Waals surface area contributed by atoms with E-state index in [0.29, 0.717) is 10.1 Å². The van der Waals surface area contributed by atoms with Crippen LogP contribution in [0.2, 0.25) is 0 Å². The van der Waals surface area contributed by atoms with Crippen molar-refractivity contribution < 1.29 is 9.66 Å². The Morgan fingerprint density at radius 3 is 3.00 bits per heavy atom. The zero-order valence-electron chi connectivity index (χ0n) is 10.4. The molecule has 2 N–H and O–H groups in total. The van der Waals surface area contributed by atoms with Gasteiger partial charge in [-0.1, -0.05) is 0 Å². The summed E-state index contributed by atoms with van der Waals surface area (Å²) in [6.07, 6.45) is 4.87. The lowest BCUT2D eigenvalue weighted by Crippen LogP contribution is -1.99. The second-order valence-electron chi connectivity index (χ2n) is 4.10. The number of nitrogen functional groups attached to an aromatic ring is 1. The number of ether oxygens (including phenoxy) is 1. The van der Waals surface area contributed by atoms with E-state index in [9.17, 15) is 10.1 Å². The standard InChI is InChI=1S/C12H8BrN5O3/c13-8-2-1-7(18(19)20)5-9(8)21-12-11-15-3-4-17(11)6-10(14)16-12/h1-6H,14H2. The third kappa shape index (κ3) is 2.50. The smallest absolute Gasteiger partial charge is 0.273 e. The van der Waals surface area contributed by atoms with Crippen molar-refractivity contribution in [1.82, 2.24) is 14.4 Å². The van der Waals surface area contributed by atoms with E-state index in [1.807, 2.05) is 0 Å². The minimum atomic E-state index is -0.503. The van der Waals surface area contributed by atoms with Crippen LogP contribution in [0.5, 0.6) is 11.6 Å². The van der Waals surface area contributed by atoms with E-state index in [1.54, 1.807) is 23.0 Å². The molecule has 2 heterocycles. The molecule has 2 aromatic heterocycles. The van der Waals surface area contributed by atoms with E-state index >= 15 is 0 Å². The van der Waals surface area contributed by atoms with Gasteiger partial charge in [0.25, 0.3) is 11.6 Å². The highest BCUT2D eigenvalue weighted by Crippen LogP contribution is 2.33. The number of nitro benzene ring substituents is 1. The Balaban J connectivity index is 2.08. The molecule has 106 valence electrons. The maximum absolute atomic E-state index is 10.8. The molecule has 0 atom stereocenters. The Hall–Kier alpha value is -2.68. The average Bonchev–Trinajstić information content (AvgIpc) is 2.89. The van der Waals surface area contributed by atoms with E-state index in [2.05, 4.69) is 25.9 Å². The number of aromatic nitrogens is 3. The molecule has 8 nitrogen and oxygen atoms in total. The van der Waals surface area contributed by atoms with Gasteiger partial charge in [-0.25, -0.2) is 4.98 Å². The first-order chi connectivity index (χ1) is 10.0. The van der Waals surface area contributed by atoms with Crippen molar-refractivity contribution in [2.45, 2.75) is 0 Å². The molecular weight excluding hydrogens is 342 g/mol. The molecule has 3 rings (SSSR count). The van der Waals surface area contributed by atoms with Crippen LogP contribution in [0.25, 0.3) is 5.65 Å². The van der Waals surface area contributed by atoms with Crippen LogP contribution < -0.4 is 10.5 Å². The molecule has 0 saturated carbocycles. The second-order valence-corrected chi connectivity index (χ2v) is 4.96. The first-order valence-electron chi connectivity index (χ1n) is 5.75. The normalized spacial score (nSPS) is 10.7. The number of hydrogen-bond donors (Lipinski definition) is 1. The first kappa shape index (κ1) is 13.3. The minimum absolute atomic E-state index is 0.0866. The quantitative estimate of drug-likeness (QED) is 0.575. The van der Waals surface area contributed by atoms with E-state index in [4.69, 9.17) is 10.5 Å². The lowest BCUT2D eigenvalue weighted by Gasteiger charge is -2.08. The summed E-state index contributed by atoms with van der Waals surface area (Å²) >= 11 is 3.28. The number of nitrogens with zero attached hydrogens (tertiary/aromatic N) is 4. The van der Waals surface area contributed by atoms with Crippen molar-refractivity contribution in [3.8, 4) is 11.6 Å². The van der Waals surface area contributed by atoms with Gasteiger partial charge < -0.3 is 10.5 Å². The van der Waals surface area contributed by atoms with Crippen molar-refractivity contribution in [3.05, 3.63) is 51.4 Å². The highest BCUT2D eigenvalue weighted by atomic mass is 79.9. The molecule has 0 fully saturated rings. The molecule has 0 unspecified atom stereocenters. The molecule has 1 aromatic carbocycles. The molecule has 21 heavy (non-hydrogen) atoms. The summed E-state index contributed by atoms with van der Waals surface area (Å²) in [7, 11) is 0. The van der Waals surface area contributed by atoms with Crippen molar-refractivity contribution in [2.75, 3.05) is 5.73 Å². The molecule has 0 bridgehead atoms. The fourth-order valence-electron chi connectivity index (χ4n) is 1.78. The van der Waals surface area contributed by atoms with Gasteiger partial charge in [0.2, 0.25) is 5.65 Å². The second kappa shape index (κ2) is 5.02. The Labute approximate surface area is 126 Å². The van der Waals surface area contributed by atoms with Crippen LogP contribution in [0, 0.1) is 10.1 Å². The van der Waals surface area contributed by atoms with Crippen LogP contribution in [0.3, 0.4) is 0 Å². The van der Waals surface area contributed by atoms with Gasteiger partial charge in [0.15, 0.2) is 5.75 Å². The molecule has 0 radical (unpaired) electrons. The van der Waals surface area contributed by atoms with Gasteiger partial charge in [0.05, 0.1) is 21.7 Å². The van der Waals surface area contributed by atoms with Gasteiger partial charge in [-0.2, -0.15) is 4.98 Å². The van der Waals surface area contributed by atoms with Gasteiger partial charge >= 0.3 is 0 Å². The Morgan fingerprint density at radius 2 is 2.24 bits per heavy atom.